The van der Waals surface area contributed by atoms with Gasteiger partial charge in [0.1, 0.15) is 5.69 Å². The number of rotatable bonds is 1. The van der Waals surface area contributed by atoms with Crippen LogP contribution in [0.25, 0.3) is 22.2 Å². The summed E-state index contributed by atoms with van der Waals surface area (Å²) < 4.78 is 13.7. The van der Waals surface area contributed by atoms with Gasteiger partial charge in [0.25, 0.3) is 0 Å². The lowest BCUT2D eigenvalue weighted by molar-refractivity contribution is 0.619. The monoisotopic (exact) mass is 240 g/mol. The van der Waals surface area contributed by atoms with Crippen molar-refractivity contribution in [1.82, 2.24) is 15.0 Å². The molecule has 2 heterocycles. The van der Waals surface area contributed by atoms with Crippen LogP contribution < -0.4 is 5.73 Å². The Labute approximate surface area is 102 Å². The fraction of sp³-hybridized carbons (Fsp3) is 0. The van der Waals surface area contributed by atoms with Gasteiger partial charge < -0.3 is 5.73 Å². The van der Waals surface area contributed by atoms with Gasteiger partial charge in [-0.3, -0.25) is 4.98 Å². The summed E-state index contributed by atoms with van der Waals surface area (Å²) in [5, 5.41) is 0.990. The lowest BCUT2D eigenvalue weighted by Crippen LogP contribution is -1.98. The Bertz CT molecular complexity index is 727. The predicted molar refractivity (Wildman–Crippen MR) is 67.1 cm³/mol. The first-order valence-electron chi connectivity index (χ1n) is 5.37. The van der Waals surface area contributed by atoms with E-state index < -0.39 is 5.82 Å². The molecule has 0 spiro atoms. The number of nitrogens with zero attached hydrogens (tertiary/aromatic N) is 3. The Morgan fingerprint density at radius 2 is 2.00 bits per heavy atom. The minimum atomic E-state index is -0.500. The fourth-order valence-electron chi connectivity index (χ4n) is 1.80. The average Bonchev–Trinajstić information content (AvgIpc) is 2.41. The van der Waals surface area contributed by atoms with Gasteiger partial charge in [0.15, 0.2) is 5.82 Å². The number of aromatic nitrogens is 3. The summed E-state index contributed by atoms with van der Waals surface area (Å²) in [7, 11) is 0. The number of nitrogens with two attached hydrogens (primary N) is 1. The summed E-state index contributed by atoms with van der Waals surface area (Å²) >= 11 is 0. The zero-order valence-corrected chi connectivity index (χ0v) is 9.34. The van der Waals surface area contributed by atoms with Crippen LogP contribution >= 0.6 is 0 Å². The molecular weight excluding hydrogens is 231 g/mol. The average molecular weight is 240 g/mol. The highest BCUT2D eigenvalue weighted by Crippen LogP contribution is 2.24. The SMILES string of the molecule is Nc1ncc(F)c(-c2ccc3cccnc3c2)n1. The highest BCUT2D eigenvalue weighted by molar-refractivity contribution is 5.83. The first kappa shape index (κ1) is 10.6. The van der Waals surface area contributed by atoms with E-state index in [2.05, 4.69) is 15.0 Å². The Morgan fingerprint density at radius 1 is 1.11 bits per heavy atom. The molecule has 3 aromatic rings. The Balaban J connectivity index is 2.22. The van der Waals surface area contributed by atoms with Crippen LogP contribution in [0.1, 0.15) is 0 Å². The number of halogens is 1. The molecule has 3 rings (SSSR count). The van der Waals surface area contributed by atoms with Gasteiger partial charge in [0.2, 0.25) is 5.95 Å². The van der Waals surface area contributed by atoms with Gasteiger partial charge in [0, 0.05) is 17.1 Å². The molecule has 0 aliphatic heterocycles. The highest BCUT2D eigenvalue weighted by atomic mass is 19.1. The second kappa shape index (κ2) is 4.03. The number of hydrogen-bond acceptors (Lipinski definition) is 4. The Morgan fingerprint density at radius 3 is 2.89 bits per heavy atom. The zero-order valence-electron chi connectivity index (χ0n) is 9.34. The van der Waals surface area contributed by atoms with Crippen LogP contribution in [-0.4, -0.2) is 15.0 Å². The Kier molecular flexibility index (Phi) is 2.37. The molecule has 0 atom stereocenters. The minimum Gasteiger partial charge on any atom is -0.368 e. The smallest absolute Gasteiger partial charge is 0.220 e. The van der Waals surface area contributed by atoms with Crippen molar-refractivity contribution in [2.24, 2.45) is 0 Å². The predicted octanol–water partition coefficient (Wildman–Crippen LogP) is 2.41. The zero-order chi connectivity index (χ0) is 12.5. The van der Waals surface area contributed by atoms with Crippen molar-refractivity contribution < 1.29 is 4.39 Å². The summed E-state index contributed by atoms with van der Waals surface area (Å²) in [6.45, 7) is 0. The minimum absolute atomic E-state index is 0.0486. The standard InChI is InChI=1S/C13H9FN4/c14-10-7-17-13(15)18-12(10)9-4-3-8-2-1-5-16-11(8)6-9/h1-7H,(H2,15,17,18). The van der Waals surface area contributed by atoms with E-state index in [0.717, 1.165) is 17.1 Å². The molecule has 2 aromatic heterocycles. The molecule has 2 N–H and O–H groups in total. The number of benzene rings is 1. The maximum absolute atomic E-state index is 13.7. The quantitative estimate of drug-likeness (QED) is 0.709. The molecule has 18 heavy (non-hydrogen) atoms. The third kappa shape index (κ3) is 1.75. The van der Waals surface area contributed by atoms with Crippen molar-refractivity contribution in [2.75, 3.05) is 5.73 Å². The molecule has 0 fully saturated rings. The maximum atomic E-state index is 13.7. The van der Waals surface area contributed by atoms with Crippen molar-refractivity contribution in [3.63, 3.8) is 0 Å². The fourth-order valence-corrected chi connectivity index (χ4v) is 1.80. The molecule has 0 saturated carbocycles. The maximum Gasteiger partial charge on any atom is 0.220 e. The van der Waals surface area contributed by atoms with Crippen LogP contribution in [0.5, 0.6) is 0 Å². The van der Waals surface area contributed by atoms with E-state index in [9.17, 15) is 4.39 Å². The van der Waals surface area contributed by atoms with E-state index >= 15 is 0 Å². The van der Waals surface area contributed by atoms with Crippen molar-refractivity contribution in [3.8, 4) is 11.3 Å². The topological polar surface area (TPSA) is 64.7 Å². The third-order valence-corrected chi connectivity index (χ3v) is 2.64. The second-order valence-electron chi connectivity index (χ2n) is 3.84. The molecule has 0 bridgehead atoms. The first-order chi connectivity index (χ1) is 8.74. The molecule has 0 amide bonds. The normalized spacial score (nSPS) is 10.7. The first-order valence-corrected chi connectivity index (χ1v) is 5.37. The van der Waals surface area contributed by atoms with E-state index in [1.165, 1.54) is 0 Å². The van der Waals surface area contributed by atoms with Crippen LogP contribution in [0.15, 0.2) is 42.7 Å². The van der Waals surface area contributed by atoms with Crippen LogP contribution in [0.3, 0.4) is 0 Å². The second-order valence-corrected chi connectivity index (χ2v) is 3.84. The number of fused-ring (bicyclic) bond motifs is 1. The number of nitrogen functional groups attached to an aromatic ring is 1. The molecule has 0 aliphatic rings. The lowest BCUT2D eigenvalue weighted by atomic mass is 10.1. The number of pyridine rings is 1. The summed E-state index contributed by atoms with van der Waals surface area (Å²) in [6.07, 6.45) is 2.76. The molecule has 4 nitrogen and oxygen atoms in total. The van der Waals surface area contributed by atoms with Crippen molar-refractivity contribution in [1.29, 1.82) is 0 Å². The van der Waals surface area contributed by atoms with Crippen LogP contribution in [-0.2, 0) is 0 Å². The number of hydrogen-bond donors (Lipinski definition) is 1. The largest absolute Gasteiger partial charge is 0.368 e. The molecule has 88 valence electrons. The molecule has 0 radical (unpaired) electrons. The van der Waals surface area contributed by atoms with E-state index in [1.807, 2.05) is 18.2 Å². The van der Waals surface area contributed by atoms with Crippen LogP contribution in [0.4, 0.5) is 10.3 Å². The van der Waals surface area contributed by atoms with Gasteiger partial charge in [-0.15, -0.1) is 0 Å². The molecule has 1 aromatic carbocycles. The third-order valence-electron chi connectivity index (χ3n) is 2.64. The van der Waals surface area contributed by atoms with E-state index in [4.69, 9.17) is 5.73 Å². The van der Waals surface area contributed by atoms with E-state index in [1.54, 1.807) is 18.3 Å². The summed E-state index contributed by atoms with van der Waals surface area (Å²) in [4.78, 5) is 11.7. The number of anilines is 1. The Hall–Kier alpha value is -2.56. The summed E-state index contributed by atoms with van der Waals surface area (Å²) in [5.41, 5.74) is 7.08. The summed E-state index contributed by atoms with van der Waals surface area (Å²) in [5.74, 6) is -0.452. The lowest BCUT2D eigenvalue weighted by Gasteiger charge is -2.04. The highest BCUT2D eigenvalue weighted by Gasteiger charge is 2.09. The van der Waals surface area contributed by atoms with Gasteiger partial charge in [-0.1, -0.05) is 18.2 Å². The van der Waals surface area contributed by atoms with Crippen molar-refractivity contribution >= 4 is 16.9 Å². The van der Waals surface area contributed by atoms with Crippen LogP contribution in [0, 0.1) is 5.82 Å². The molecular formula is C13H9FN4. The van der Waals surface area contributed by atoms with Crippen molar-refractivity contribution in [3.05, 3.63) is 48.5 Å². The van der Waals surface area contributed by atoms with Gasteiger partial charge in [-0.25, -0.2) is 14.4 Å². The van der Waals surface area contributed by atoms with Gasteiger partial charge in [-0.2, -0.15) is 0 Å². The molecule has 0 saturated heterocycles. The molecule has 0 aliphatic carbocycles. The summed E-state index contributed by atoms with van der Waals surface area (Å²) in [6, 6.07) is 9.23. The molecule has 5 heteroatoms. The van der Waals surface area contributed by atoms with E-state index in [-0.39, 0.29) is 11.6 Å². The van der Waals surface area contributed by atoms with Crippen molar-refractivity contribution in [2.45, 2.75) is 0 Å². The molecule has 0 unspecified atom stereocenters. The van der Waals surface area contributed by atoms with Gasteiger partial charge in [0.05, 0.1) is 11.7 Å². The van der Waals surface area contributed by atoms with E-state index in [0.29, 0.717) is 5.56 Å². The van der Waals surface area contributed by atoms with Gasteiger partial charge in [-0.05, 0) is 12.1 Å². The van der Waals surface area contributed by atoms with Gasteiger partial charge >= 0.3 is 0 Å². The van der Waals surface area contributed by atoms with Crippen LogP contribution in [0.2, 0.25) is 0 Å².